The Bertz CT molecular complexity index is 4700. The molecule has 0 spiro atoms. The molecule has 0 saturated carbocycles. The molecule has 0 unspecified atom stereocenters. The summed E-state index contributed by atoms with van der Waals surface area (Å²) in [5.74, 6) is 5.01. The summed E-state index contributed by atoms with van der Waals surface area (Å²) in [4.78, 5) is 62.9. The summed E-state index contributed by atoms with van der Waals surface area (Å²) in [6.45, 7) is 5.11. The van der Waals surface area contributed by atoms with Gasteiger partial charge >= 0.3 is 0 Å². The molecule has 26 nitrogen and oxygen atoms in total. The van der Waals surface area contributed by atoms with Gasteiger partial charge in [0.2, 0.25) is 17.7 Å². The van der Waals surface area contributed by atoms with E-state index in [1.165, 1.54) is 37.2 Å². The van der Waals surface area contributed by atoms with E-state index in [1.54, 1.807) is 65.4 Å². The molecule has 12 aromatic rings. The van der Waals surface area contributed by atoms with E-state index in [9.17, 15) is 14.4 Å². The average molecular weight is 1320 g/mol. The third kappa shape index (κ3) is 18.0. The van der Waals surface area contributed by atoms with Gasteiger partial charge < -0.3 is 56.4 Å². The van der Waals surface area contributed by atoms with Gasteiger partial charge in [0.25, 0.3) is 0 Å². The minimum atomic E-state index is -0.202. The summed E-state index contributed by atoms with van der Waals surface area (Å²) in [5.41, 5.74) is 24.9. The lowest BCUT2D eigenvalue weighted by molar-refractivity contribution is -0.125. The van der Waals surface area contributed by atoms with Crippen LogP contribution in [0, 0.1) is 0 Å². The van der Waals surface area contributed by atoms with Crippen LogP contribution in [0.25, 0.3) is 66.9 Å². The highest BCUT2D eigenvalue weighted by atomic mass is 16.5. The van der Waals surface area contributed by atoms with Gasteiger partial charge in [0, 0.05) is 69.7 Å². The van der Waals surface area contributed by atoms with Crippen molar-refractivity contribution in [2.75, 3.05) is 71.3 Å². The highest BCUT2D eigenvalue weighted by Gasteiger charge is 2.21. The molecule has 8 N–H and O–H groups in total. The predicted octanol–water partition coefficient (Wildman–Crippen LogP) is 10.3. The number of methoxy groups -OCH3 is 2. The summed E-state index contributed by atoms with van der Waals surface area (Å²) in [5, 5.41) is 21.8. The van der Waals surface area contributed by atoms with Gasteiger partial charge in [-0.2, -0.15) is 15.3 Å². The van der Waals surface area contributed by atoms with Crippen molar-refractivity contribution in [2.45, 2.75) is 26.6 Å². The number of nitrogens with one attached hydrogen (secondary N) is 2. The smallest absolute Gasteiger partial charge is 0.246 e. The molecule has 0 aliphatic heterocycles. The first kappa shape index (κ1) is 68.2. The molecule has 0 atom stereocenters. The van der Waals surface area contributed by atoms with Crippen LogP contribution in [0.1, 0.15) is 6.92 Å². The first-order chi connectivity index (χ1) is 47.9. The number of carbonyl (C=O) groups excluding carboxylic acids is 3. The quantitative estimate of drug-likeness (QED) is 0.0332. The van der Waals surface area contributed by atoms with Crippen LogP contribution in [-0.4, -0.2) is 136 Å². The molecule has 6 aromatic carbocycles. The second-order valence-electron chi connectivity index (χ2n) is 21.5. The number of nitrogens with zero attached hydrogens (tertiary/aromatic N) is 13. The largest absolute Gasteiger partial charge is 0.457 e. The average Bonchev–Trinajstić information content (AvgIpc) is 1.63. The Morgan fingerprint density at radius 1 is 0.439 bits per heavy atom. The van der Waals surface area contributed by atoms with Crippen LogP contribution in [0.3, 0.4) is 0 Å². The number of rotatable bonds is 25. The van der Waals surface area contributed by atoms with E-state index < -0.39 is 0 Å². The monoisotopic (exact) mass is 1320 g/mol. The van der Waals surface area contributed by atoms with E-state index >= 15 is 0 Å². The molecule has 0 fully saturated rings. The standard InChI is InChI=1S/C25H26N6O3.C24H24N6O3.C23H22N6O2/c1-30(21(32)9-6-16-33-2)14-15-31-25-22(24(26)27-17-28-25)23(29-31)18-10-12-20(13-11-18)34-19-7-4-3-5-8-19;1-32-15-5-8-20(31)26-13-14-30-24-21(23(25)27-16-28-24)22(29-30)17-9-11-19(12-10-17)33-18-6-3-2-4-7-18;1-2-6-19(30)25-13-14-29-23-20(22(24)26-15-27-23)21(28-29)16-9-11-18(12-10-16)31-17-7-4-3-5-8-17/h3-13,17H,14-16H2,1-2H3,(H2,26,27,28);2-12,16H,13-15H2,1H3,(H,26,31)(H2,25,27,28);2-12,15H,13-14H2,1H3,(H,25,30)(H2,24,26,27)/b9-6+;8-5+;6-2+. The van der Waals surface area contributed by atoms with Gasteiger partial charge in [-0.1, -0.05) is 72.8 Å². The van der Waals surface area contributed by atoms with E-state index in [0.29, 0.717) is 132 Å². The Morgan fingerprint density at radius 3 is 1.11 bits per heavy atom. The number of nitrogens with two attached hydrogens (primary N) is 3. The van der Waals surface area contributed by atoms with Crippen molar-refractivity contribution in [1.29, 1.82) is 0 Å². The number of hydrogen-bond donors (Lipinski definition) is 5. The summed E-state index contributed by atoms with van der Waals surface area (Å²) in [6, 6.07) is 51.5. The van der Waals surface area contributed by atoms with Crippen molar-refractivity contribution < 1.29 is 38.1 Å². The van der Waals surface area contributed by atoms with Gasteiger partial charge in [-0.05, 0) is 122 Å². The third-order valence-corrected chi connectivity index (χ3v) is 14.6. The van der Waals surface area contributed by atoms with Crippen molar-refractivity contribution in [2.24, 2.45) is 0 Å². The molecule has 12 rings (SSSR count). The molecule has 6 aromatic heterocycles. The highest BCUT2D eigenvalue weighted by Crippen LogP contribution is 2.35. The zero-order valence-corrected chi connectivity index (χ0v) is 54.3. The number of likely N-dealkylation sites (N-methyl/N-ethyl adjacent to an activating group) is 1. The van der Waals surface area contributed by atoms with Crippen molar-refractivity contribution in [3.8, 4) is 68.3 Å². The number of benzene rings is 6. The SMILES string of the molecule is C/C=C/C(=O)NCCn1nc(-c2ccc(Oc3ccccc3)cc2)c2c(N)ncnc21.COC/C=C/C(=O)N(C)CCn1nc(-c2ccc(Oc3ccccc3)cc2)c2c(N)ncnc21.COC/C=C/C(=O)NCCn1nc(-c2ccc(Oc3ccccc3)cc2)c2c(N)ncnc21. The lowest BCUT2D eigenvalue weighted by Crippen LogP contribution is -2.29. The number of aromatic nitrogens is 12. The second kappa shape index (κ2) is 33.9. The van der Waals surface area contributed by atoms with Crippen molar-refractivity contribution >= 4 is 68.3 Å². The number of carbonyl (C=O) groups is 3. The zero-order valence-electron chi connectivity index (χ0n) is 54.3. The van der Waals surface area contributed by atoms with Crippen LogP contribution in [0.15, 0.2) is 219 Å². The molecule has 0 aliphatic carbocycles. The van der Waals surface area contributed by atoms with Gasteiger partial charge in [-0.3, -0.25) is 14.4 Å². The molecular formula is C72H72N18O8. The van der Waals surface area contributed by atoms with Gasteiger partial charge in [0.1, 0.15) is 88.0 Å². The number of allylic oxidation sites excluding steroid dienone is 1. The number of hydrogen-bond acceptors (Lipinski definition) is 20. The third-order valence-electron chi connectivity index (χ3n) is 14.6. The van der Waals surface area contributed by atoms with E-state index in [4.69, 9.17) is 56.2 Å². The van der Waals surface area contributed by atoms with Gasteiger partial charge in [-0.25, -0.2) is 43.9 Å². The Balaban J connectivity index is 0.000000159. The first-order valence-corrected chi connectivity index (χ1v) is 31.0. The number of anilines is 3. The molecular weight excluding hydrogens is 1240 g/mol. The van der Waals surface area contributed by atoms with Gasteiger partial charge in [0.05, 0.1) is 49.0 Å². The number of para-hydroxylation sites is 3. The fraction of sp³-hybridized carbons (Fsp3) is 0.167. The van der Waals surface area contributed by atoms with Gasteiger partial charge in [-0.15, -0.1) is 0 Å². The summed E-state index contributed by atoms with van der Waals surface area (Å²) < 4.78 is 32.6. The van der Waals surface area contributed by atoms with E-state index in [1.807, 2.05) is 164 Å². The molecule has 498 valence electrons. The molecule has 0 radical (unpaired) electrons. The fourth-order valence-corrected chi connectivity index (χ4v) is 9.90. The molecule has 6 heterocycles. The second-order valence-corrected chi connectivity index (χ2v) is 21.5. The molecule has 0 saturated heterocycles. The van der Waals surface area contributed by atoms with Crippen molar-refractivity contribution in [1.82, 2.24) is 74.8 Å². The van der Waals surface area contributed by atoms with E-state index in [2.05, 4.69) is 40.5 Å². The summed E-state index contributed by atoms with van der Waals surface area (Å²) >= 11 is 0. The molecule has 0 aliphatic rings. The van der Waals surface area contributed by atoms with E-state index in [-0.39, 0.29) is 17.7 Å². The van der Waals surface area contributed by atoms with Crippen LogP contribution < -0.4 is 42.0 Å². The Kier molecular flexibility index (Phi) is 23.6. The Morgan fingerprint density at radius 2 is 0.765 bits per heavy atom. The lowest BCUT2D eigenvalue weighted by atomic mass is 10.1. The van der Waals surface area contributed by atoms with Crippen LogP contribution in [0.5, 0.6) is 34.5 Å². The number of nitrogen functional groups attached to an aromatic ring is 3. The summed E-state index contributed by atoms with van der Waals surface area (Å²) in [6.07, 6.45) is 13.7. The maximum absolute atomic E-state index is 12.2. The molecule has 0 bridgehead atoms. The molecule has 26 heteroatoms. The van der Waals surface area contributed by atoms with Crippen molar-refractivity contribution in [3.63, 3.8) is 0 Å². The number of amides is 3. The summed E-state index contributed by atoms with van der Waals surface area (Å²) in [7, 11) is 4.89. The highest BCUT2D eigenvalue weighted by molar-refractivity contribution is 6.00. The van der Waals surface area contributed by atoms with E-state index in [0.717, 1.165) is 39.7 Å². The maximum Gasteiger partial charge on any atom is 0.246 e. The normalized spacial score (nSPS) is 11.2. The number of fused-ring (bicyclic) bond motifs is 3. The minimum absolute atomic E-state index is 0.114. The van der Waals surface area contributed by atoms with Crippen LogP contribution >= 0.6 is 0 Å². The molecule has 98 heavy (non-hydrogen) atoms. The Labute approximate surface area is 564 Å². The predicted molar refractivity (Wildman–Crippen MR) is 376 cm³/mol. The Hall–Kier alpha value is -12.7. The minimum Gasteiger partial charge on any atom is -0.457 e. The fourth-order valence-electron chi connectivity index (χ4n) is 9.90. The number of ether oxygens (including phenoxy) is 5. The van der Waals surface area contributed by atoms with Gasteiger partial charge in [0.15, 0.2) is 16.9 Å². The first-order valence-electron chi connectivity index (χ1n) is 31.0. The van der Waals surface area contributed by atoms with Crippen LogP contribution in [-0.2, 0) is 43.5 Å². The molecule has 3 amide bonds. The zero-order chi connectivity index (χ0) is 68.6. The lowest BCUT2D eigenvalue weighted by Gasteiger charge is -2.15. The van der Waals surface area contributed by atoms with Crippen molar-refractivity contribution in [3.05, 3.63) is 219 Å². The van der Waals surface area contributed by atoms with Crippen LogP contribution in [0.2, 0.25) is 0 Å². The maximum atomic E-state index is 12.2. The van der Waals surface area contributed by atoms with Crippen LogP contribution in [0.4, 0.5) is 17.5 Å². The topological polar surface area (TPSA) is 334 Å².